The number of benzene rings is 1. The van der Waals surface area contributed by atoms with Crippen LogP contribution in [0.1, 0.15) is 0 Å². The normalized spacial score (nSPS) is 11.1. The van der Waals surface area contributed by atoms with Gasteiger partial charge in [-0.2, -0.15) is 0 Å². The summed E-state index contributed by atoms with van der Waals surface area (Å²) in [6.07, 6.45) is 1.03. The smallest absolute Gasteiger partial charge is 0.239 e. The molecule has 1 N–H and O–H groups in total. The summed E-state index contributed by atoms with van der Waals surface area (Å²) in [5.74, 6) is -1.00. The minimum Gasteiger partial charge on any atom is -0.324 e. The van der Waals surface area contributed by atoms with E-state index < -0.39 is 21.5 Å². The standard InChI is InChI=1S/C9H10INO3S/c1-15(13,14)6-9(12)11-8-5-3-2-4-7(8)10/h2-5H,6H2,1H3,(H,11,12). The van der Waals surface area contributed by atoms with Crippen LogP contribution in [0.2, 0.25) is 0 Å². The van der Waals surface area contributed by atoms with Crippen molar-refractivity contribution in [3.63, 3.8) is 0 Å². The predicted molar refractivity (Wildman–Crippen MR) is 67.5 cm³/mol. The van der Waals surface area contributed by atoms with E-state index in [2.05, 4.69) is 27.9 Å². The number of nitrogens with one attached hydrogen (secondary N) is 1. The van der Waals surface area contributed by atoms with Gasteiger partial charge in [0.2, 0.25) is 5.91 Å². The molecular formula is C9H10INO3S. The van der Waals surface area contributed by atoms with Crippen molar-refractivity contribution < 1.29 is 13.2 Å². The van der Waals surface area contributed by atoms with E-state index >= 15 is 0 Å². The van der Waals surface area contributed by atoms with Crippen LogP contribution in [0.25, 0.3) is 0 Å². The Kier molecular flexibility index (Phi) is 4.09. The molecule has 0 fully saturated rings. The van der Waals surface area contributed by atoms with E-state index in [1.807, 2.05) is 12.1 Å². The van der Waals surface area contributed by atoms with Crippen molar-refractivity contribution >= 4 is 44.0 Å². The zero-order chi connectivity index (χ0) is 11.5. The second-order valence-corrected chi connectivity index (χ2v) is 6.40. The van der Waals surface area contributed by atoms with Crippen LogP contribution in [0.3, 0.4) is 0 Å². The summed E-state index contributed by atoms with van der Waals surface area (Å²) in [6.45, 7) is 0. The molecule has 4 nitrogen and oxygen atoms in total. The number of amides is 1. The molecule has 0 aromatic heterocycles. The molecule has 0 aliphatic rings. The van der Waals surface area contributed by atoms with Crippen molar-refractivity contribution in [2.45, 2.75) is 0 Å². The Labute approximate surface area is 102 Å². The Bertz CT molecular complexity index is 470. The zero-order valence-corrected chi connectivity index (χ0v) is 11.0. The first kappa shape index (κ1) is 12.4. The number of hydrogen-bond donors (Lipinski definition) is 1. The molecule has 82 valence electrons. The van der Waals surface area contributed by atoms with Crippen LogP contribution in [0, 0.1) is 3.57 Å². The van der Waals surface area contributed by atoms with Gasteiger partial charge in [-0.25, -0.2) is 8.42 Å². The van der Waals surface area contributed by atoms with E-state index in [1.165, 1.54) is 0 Å². The van der Waals surface area contributed by atoms with Gasteiger partial charge in [-0.05, 0) is 34.7 Å². The van der Waals surface area contributed by atoms with E-state index in [-0.39, 0.29) is 0 Å². The van der Waals surface area contributed by atoms with Crippen molar-refractivity contribution in [2.75, 3.05) is 17.3 Å². The molecule has 0 heterocycles. The number of hydrogen-bond acceptors (Lipinski definition) is 3. The highest BCUT2D eigenvalue weighted by Crippen LogP contribution is 2.16. The fourth-order valence-corrected chi connectivity index (χ4v) is 2.06. The van der Waals surface area contributed by atoms with Crippen LogP contribution >= 0.6 is 22.6 Å². The minimum atomic E-state index is -3.27. The Morgan fingerprint density at radius 1 is 1.40 bits per heavy atom. The maximum absolute atomic E-state index is 11.3. The SMILES string of the molecule is CS(=O)(=O)CC(=O)Nc1ccccc1I. The third kappa shape index (κ3) is 4.61. The van der Waals surface area contributed by atoms with Crippen molar-refractivity contribution in [2.24, 2.45) is 0 Å². The van der Waals surface area contributed by atoms with Crippen LogP contribution in [-0.2, 0) is 14.6 Å². The maximum atomic E-state index is 11.3. The van der Waals surface area contributed by atoms with E-state index in [1.54, 1.807) is 12.1 Å². The fraction of sp³-hybridized carbons (Fsp3) is 0.222. The van der Waals surface area contributed by atoms with E-state index in [4.69, 9.17) is 0 Å². The zero-order valence-electron chi connectivity index (χ0n) is 8.03. The van der Waals surface area contributed by atoms with Crippen LogP contribution in [0.15, 0.2) is 24.3 Å². The first-order valence-electron chi connectivity index (χ1n) is 4.10. The van der Waals surface area contributed by atoms with Gasteiger partial charge in [0.25, 0.3) is 0 Å². The highest BCUT2D eigenvalue weighted by atomic mass is 127. The van der Waals surface area contributed by atoms with Crippen molar-refractivity contribution in [1.82, 2.24) is 0 Å². The van der Waals surface area contributed by atoms with Gasteiger partial charge in [-0.1, -0.05) is 12.1 Å². The molecule has 1 amide bonds. The Morgan fingerprint density at radius 2 is 2.00 bits per heavy atom. The second kappa shape index (κ2) is 4.93. The summed E-state index contributed by atoms with van der Waals surface area (Å²) in [4.78, 5) is 11.3. The molecular weight excluding hydrogens is 329 g/mol. The monoisotopic (exact) mass is 339 g/mol. The van der Waals surface area contributed by atoms with Crippen molar-refractivity contribution in [3.8, 4) is 0 Å². The maximum Gasteiger partial charge on any atom is 0.239 e. The summed E-state index contributed by atoms with van der Waals surface area (Å²) < 4.78 is 22.6. The van der Waals surface area contributed by atoms with Gasteiger partial charge < -0.3 is 5.32 Å². The first-order chi connectivity index (χ1) is 6.88. The Hall–Kier alpha value is -0.630. The number of sulfone groups is 1. The van der Waals surface area contributed by atoms with Crippen LogP contribution in [-0.4, -0.2) is 26.3 Å². The number of para-hydroxylation sites is 1. The summed E-state index contributed by atoms with van der Waals surface area (Å²) in [5, 5.41) is 2.54. The van der Waals surface area contributed by atoms with Gasteiger partial charge in [0.05, 0.1) is 5.69 Å². The molecule has 1 aromatic carbocycles. The average Bonchev–Trinajstić information content (AvgIpc) is 2.05. The largest absolute Gasteiger partial charge is 0.324 e. The fourth-order valence-electron chi connectivity index (χ4n) is 0.987. The van der Waals surface area contributed by atoms with Crippen molar-refractivity contribution in [1.29, 1.82) is 0 Å². The van der Waals surface area contributed by atoms with Gasteiger partial charge in [-0.3, -0.25) is 4.79 Å². The van der Waals surface area contributed by atoms with E-state index in [9.17, 15) is 13.2 Å². The number of rotatable bonds is 3. The van der Waals surface area contributed by atoms with Crippen molar-refractivity contribution in [3.05, 3.63) is 27.8 Å². The van der Waals surface area contributed by atoms with Crippen LogP contribution in [0.5, 0.6) is 0 Å². The summed E-state index contributed by atoms with van der Waals surface area (Å²) in [6, 6.07) is 7.17. The molecule has 1 rings (SSSR count). The van der Waals surface area contributed by atoms with Gasteiger partial charge in [0, 0.05) is 9.83 Å². The van der Waals surface area contributed by atoms with E-state index in [0.29, 0.717) is 5.69 Å². The minimum absolute atomic E-state index is 0.488. The number of carbonyl (C=O) groups is 1. The molecule has 0 atom stereocenters. The second-order valence-electron chi connectivity index (χ2n) is 3.10. The third-order valence-electron chi connectivity index (χ3n) is 1.54. The lowest BCUT2D eigenvalue weighted by Gasteiger charge is -2.05. The third-order valence-corrected chi connectivity index (χ3v) is 3.27. The summed E-state index contributed by atoms with van der Waals surface area (Å²) in [5.41, 5.74) is 0.631. The number of anilines is 1. The number of carbonyl (C=O) groups excluding carboxylic acids is 1. The molecule has 0 aliphatic heterocycles. The molecule has 15 heavy (non-hydrogen) atoms. The topological polar surface area (TPSA) is 63.2 Å². The summed E-state index contributed by atoms with van der Waals surface area (Å²) in [7, 11) is -3.27. The Balaban J connectivity index is 2.72. The van der Waals surface area contributed by atoms with Gasteiger partial charge in [0.1, 0.15) is 5.75 Å². The van der Waals surface area contributed by atoms with E-state index in [0.717, 1.165) is 9.83 Å². The highest BCUT2D eigenvalue weighted by molar-refractivity contribution is 14.1. The lowest BCUT2D eigenvalue weighted by Crippen LogP contribution is -2.22. The number of halogens is 1. The molecule has 0 bridgehead atoms. The molecule has 1 aromatic rings. The van der Waals surface area contributed by atoms with Gasteiger partial charge in [-0.15, -0.1) is 0 Å². The quantitative estimate of drug-likeness (QED) is 0.844. The van der Waals surface area contributed by atoms with Crippen LogP contribution in [0.4, 0.5) is 5.69 Å². The molecule has 0 saturated carbocycles. The lowest BCUT2D eigenvalue weighted by molar-refractivity contribution is -0.113. The summed E-state index contributed by atoms with van der Waals surface area (Å²) >= 11 is 2.07. The Morgan fingerprint density at radius 3 is 2.53 bits per heavy atom. The van der Waals surface area contributed by atoms with Crippen LogP contribution < -0.4 is 5.32 Å². The first-order valence-corrected chi connectivity index (χ1v) is 7.24. The molecule has 6 heteroatoms. The lowest BCUT2D eigenvalue weighted by atomic mass is 10.3. The molecule has 0 spiro atoms. The average molecular weight is 339 g/mol. The molecule has 0 radical (unpaired) electrons. The molecule has 0 saturated heterocycles. The molecule has 0 aliphatic carbocycles. The predicted octanol–water partition coefficient (Wildman–Crippen LogP) is 1.27. The molecule has 0 unspecified atom stereocenters. The van der Waals surface area contributed by atoms with Gasteiger partial charge in [0.15, 0.2) is 9.84 Å². The highest BCUT2D eigenvalue weighted by Gasteiger charge is 2.11. The van der Waals surface area contributed by atoms with Gasteiger partial charge >= 0.3 is 0 Å².